The minimum Gasteiger partial charge on any atom is -0.367 e. The number of nitrogens with zero attached hydrogens (tertiary/aromatic N) is 2. The Morgan fingerprint density at radius 3 is 2.93 bits per heavy atom. The number of hydrogen-bond donors (Lipinski definition) is 1. The maximum atomic E-state index is 4.37. The lowest BCUT2D eigenvalue weighted by molar-refractivity contribution is 0.585. The Labute approximate surface area is 88.9 Å². The van der Waals surface area contributed by atoms with Crippen LogP contribution in [0.5, 0.6) is 0 Å². The third-order valence-corrected chi connectivity index (χ3v) is 3.10. The van der Waals surface area contributed by atoms with Crippen LogP contribution >= 0.6 is 11.8 Å². The first kappa shape index (κ1) is 9.80. The Morgan fingerprint density at radius 2 is 2.21 bits per heavy atom. The summed E-state index contributed by atoms with van der Waals surface area (Å²) in [5, 5.41) is 4.49. The van der Waals surface area contributed by atoms with Crippen LogP contribution in [0.15, 0.2) is 23.4 Å². The molecule has 0 aliphatic carbocycles. The van der Waals surface area contributed by atoms with E-state index in [1.165, 1.54) is 5.69 Å². The molecule has 1 fully saturated rings. The standard InChI is InChI=1S/C10H15N3S/c1-14-10-9(3-2-4-12-10)13-7-5-11-6-8-13/h2-4,11H,5-8H2,1H3. The lowest BCUT2D eigenvalue weighted by atomic mass is 10.3. The van der Waals surface area contributed by atoms with Crippen molar-refractivity contribution >= 4 is 17.4 Å². The van der Waals surface area contributed by atoms with Gasteiger partial charge in [0, 0.05) is 32.4 Å². The maximum absolute atomic E-state index is 4.37. The SMILES string of the molecule is CSc1ncccc1N1CCNCC1. The van der Waals surface area contributed by atoms with Gasteiger partial charge >= 0.3 is 0 Å². The number of thioether (sulfide) groups is 1. The van der Waals surface area contributed by atoms with E-state index in [0.717, 1.165) is 31.2 Å². The molecule has 1 aliphatic heterocycles. The maximum Gasteiger partial charge on any atom is 0.119 e. The van der Waals surface area contributed by atoms with Crippen molar-refractivity contribution in [2.24, 2.45) is 0 Å². The van der Waals surface area contributed by atoms with Crippen molar-refractivity contribution < 1.29 is 0 Å². The van der Waals surface area contributed by atoms with Gasteiger partial charge in [-0.3, -0.25) is 0 Å². The third kappa shape index (κ3) is 2.01. The second kappa shape index (κ2) is 4.66. The summed E-state index contributed by atoms with van der Waals surface area (Å²) in [6, 6.07) is 4.17. The molecule has 0 unspecified atom stereocenters. The average Bonchev–Trinajstić information content (AvgIpc) is 2.30. The summed E-state index contributed by atoms with van der Waals surface area (Å²) in [6.45, 7) is 4.31. The highest BCUT2D eigenvalue weighted by atomic mass is 32.2. The Kier molecular flexibility index (Phi) is 3.26. The van der Waals surface area contributed by atoms with E-state index in [0.29, 0.717) is 0 Å². The van der Waals surface area contributed by atoms with Gasteiger partial charge in [-0.05, 0) is 18.4 Å². The van der Waals surface area contributed by atoms with Crippen molar-refractivity contribution in [3.8, 4) is 0 Å². The van der Waals surface area contributed by atoms with Gasteiger partial charge in [0.15, 0.2) is 0 Å². The molecule has 1 saturated heterocycles. The molecule has 2 heterocycles. The van der Waals surface area contributed by atoms with Crippen LogP contribution in [0.25, 0.3) is 0 Å². The van der Waals surface area contributed by atoms with E-state index in [2.05, 4.69) is 27.5 Å². The van der Waals surface area contributed by atoms with Crippen molar-refractivity contribution in [2.45, 2.75) is 5.03 Å². The summed E-state index contributed by atoms with van der Waals surface area (Å²) >= 11 is 1.72. The lowest BCUT2D eigenvalue weighted by Gasteiger charge is -2.30. The molecule has 14 heavy (non-hydrogen) atoms. The molecule has 1 aromatic heterocycles. The Bertz CT molecular complexity index is 297. The molecule has 1 aromatic rings. The smallest absolute Gasteiger partial charge is 0.119 e. The van der Waals surface area contributed by atoms with Crippen molar-refractivity contribution in [3.63, 3.8) is 0 Å². The van der Waals surface area contributed by atoms with Crippen LogP contribution in [0.4, 0.5) is 5.69 Å². The van der Waals surface area contributed by atoms with E-state index in [1.807, 2.05) is 12.3 Å². The molecule has 0 aromatic carbocycles. The largest absolute Gasteiger partial charge is 0.367 e. The summed E-state index contributed by atoms with van der Waals surface area (Å²) in [7, 11) is 0. The highest BCUT2D eigenvalue weighted by Crippen LogP contribution is 2.25. The quantitative estimate of drug-likeness (QED) is 0.741. The molecule has 4 heteroatoms. The van der Waals surface area contributed by atoms with Crippen molar-refractivity contribution in [1.29, 1.82) is 0 Å². The molecule has 0 amide bonds. The predicted octanol–water partition coefficient (Wildman–Crippen LogP) is 1.21. The summed E-state index contributed by atoms with van der Waals surface area (Å²) < 4.78 is 0. The number of piperazine rings is 1. The van der Waals surface area contributed by atoms with Gasteiger partial charge < -0.3 is 10.2 Å². The number of anilines is 1. The van der Waals surface area contributed by atoms with Crippen LogP contribution in [0.3, 0.4) is 0 Å². The summed E-state index contributed by atoms with van der Waals surface area (Å²) in [5.41, 5.74) is 1.28. The second-order valence-corrected chi connectivity index (χ2v) is 4.06. The van der Waals surface area contributed by atoms with Crippen LogP contribution in [0.1, 0.15) is 0 Å². The van der Waals surface area contributed by atoms with Gasteiger partial charge in [-0.15, -0.1) is 11.8 Å². The monoisotopic (exact) mass is 209 g/mol. The van der Waals surface area contributed by atoms with Gasteiger partial charge in [0.1, 0.15) is 5.03 Å². The lowest BCUT2D eigenvalue weighted by Crippen LogP contribution is -2.43. The highest BCUT2D eigenvalue weighted by molar-refractivity contribution is 7.98. The van der Waals surface area contributed by atoms with E-state index in [-0.39, 0.29) is 0 Å². The number of pyridine rings is 1. The molecule has 1 N–H and O–H groups in total. The van der Waals surface area contributed by atoms with E-state index >= 15 is 0 Å². The first-order chi connectivity index (χ1) is 6.92. The van der Waals surface area contributed by atoms with E-state index in [1.54, 1.807) is 11.8 Å². The molecule has 0 radical (unpaired) electrons. The number of nitrogens with one attached hydrogen (secondary N) is 1. The van der Waals surface area contributed by atoms with Gasteiger partial charge in [0.05, 0.1) is 5.69 Å². The summed E-state index contributed by atoms with van der Waals surface area (Å²) in [6.07, 6.45) is 3.94. The first-order valence-electron chi connectivity index (χ1n) is 4.86. The highest BCUT2D eigenvalue weighted by Gasteiger charge is 2.13. The minimum absolute atomic E-state index is 1.07. The summed E-state index contributed by atoms with van der Waals surface area (Å²) in [5.74, 6) is 0. The van der Waals surface area contributed by atoms with Crippen LogP contribution < -0.4 is 10.2 Å². The molecule has 0 bridgehead atoms. The molecule has 0 saturated carbocycles. The topological polar surface area (TPSA) is 28.2 Å². The van der Waals surface area contributed by atoms with E-state index in [9.17, 15) is 0 Å². The zero-order valence-corrected chi connectivity index (χ0v) is 9.18. The van der Waals surface area contributed by atoms with Crippen LogP contribution in [-0.4, -0.2) is 37.4 Å². The predicted molar refractivity (Wildman–Crippen MR) is 61.1 cm³/mol. The van der Waals surface area contributed by atoms with Crippen molar-refractivity contribution in [3.05, 3.63) is 18.3 Å². The Balaban J connectivity index is 2.20. The van der Waals surface area contributed by atoms with Crippen LogP contribution in [-0.2, 0) is 0 Å². The fourth-order valence-electron chi connectivity index (χ4n) is 1.69. The van der Waals surface area contributed by atoms with Crippen LogP contribution in [0.2, 0.25) is 0 Å². The van der Waals surface area contributed by atoms with Crippen LogP contribution in [0, 0.1) is 0 Å². The average molecular weight is 209 g/mol. The third-order valence-electron chi connectivity index (χ3n) is 2.40. The van der Waals surface area contributed by atoms with Gasteiger partial charge in [0.25, 0.3) is 0 Å². The molecule has 1 aliphatic rings. The van der Waals surface area contributed by atoms with E-state index < -0.39 is 0 Å². The molecule has 0 atom stereocenters. The van der Waals surface area contributed by atoms with Gasteiger partial charge in [0.2, 0.25) is 0 Å². The first-order valence-corrected chi connectivity index (χ1v) is 6.09. The number of aromatic nitrogens is 1. The molecular weight excluding hydrogens is 194 g/mol. The molecular formula is C10H15N3S. The van der Waals surface area contributed by atoms with Crippen molar-refractivity contribution in [1.82, 2.24) is 10.3 Å². The zero-order chi connectivity index (χ0) is 9.80. The molecule has 0 spiro atoms. The Hall–Kier alpha value is -0.740. The summed E-state index contributed by atoms with van der Waals surface area (Å²) in [4.78, 5) is 6.77. The fraction of sp³-hybridized carbons (Fsp3) is 0.500. The molecule has 2 rings (SSSR count). The van der Waals surface area contributed by atoms with Gasteiger partial charge in [-0.2, -0.15) is 0 Å². The minimum atomic E-state index is 1.07. The van der Waals surface area contributed by atoms with E-state index in [4.69, 9.17) is 0 Å². The normalized spacial score (nSPS) is 17.1. The molecule has 3 nitrogen and oxygen atoms in total. The van der Waals surface area contributed by atoms with Crippen molar-refractivity contribution in [2.75, 3.05) is 37.3 Å². The molecule has 76 valence electrons. The number of rotatable bonds is 2. The Morgan fingerprint density at radius 1 is 1.43 bits per heavy atom. The number of hydrogen-bond acceptors (Lipinski definition) is 4. The fourth-order valence-corrected chi connectivity index (χ4v) is 2.26. The zero-order valence-electron chi connectivity index (χ0n) is 8.36. The van der Waals surface area contributed by atoms with Gasteiger partial charge in [-0.25, -0.2) is 4.98 Å². The second-order valence-electron chi connectivity index (χ2n) is 3.27. The van der Waals surface area contributed by atoms with Gasteiger partial charge in [-0.1, -0.05) is 0 Å².